The average molecular weight is 397 g/mol. The summed E-state index contributed by atoms with van der Waals surface area (Å²) in [6.07, 6.45) is 0. The molecule has 0 unspecified atom stereocenters. The molecule has 140 valence electrons. The molecule has 0 aliphatic carbocycles. The van der Waals surface area contributed by atoms with E-state index in [2.05, 4.69) is 52.4 Å². The van der Waals surface area contributed by atoms with Crippen molar-refractivity contribution in [2.75, 3.05) is 0 Å². The van der Waals surface area contributed by atoms with Crippen LogP contribution in [0.4, 0.5) is 0 Å². The van der Waals surface area contributed by atoms with Crippen LogP contribution in [0.3, 0.4) is 0 Å². The zero-order chi connectivity index (χ0) is 19.8. The van der Waals surface area contributed by atoms with Gasteiger partial charge in [-0.3, -0.25) is 0 Å². The van der Waals surface area contributed by atoms with Crippen LogP contribution in [-0.2, 0) is 0 Å². The number of aromatic amines is 1. The Kier molecular flexibility index (Phi) is 4.30. The first-order chi connectivity index (χ1) is 14.2. The summed E-state index contributed by atoms with van der Waals surface area (Å²) < 4.78 is 0. The summed E-state index contributed by atoms with van der Waals surface area (Å²) in [6, 6.07) is 29.9. The van der Waals surface area contributed by atoms with Gasteiger partial charge in [0.25, 0.3) is 0 Å². The van der Waals surface area contributed by atoms with E-state index in [1.54, 1.807) is 12.1 Å². The predicted octanol–water partition coefficient (Wildman–Crippen LogP) is 6.92. The van der Waals surface area contributed by atoms with Gasteiger partial charge in [0.1, 0.15) is 17.1 Å². The number of fused-ring (bicyclic) bond motifs is 1. The van der Waals surface area contributed by atoms with Gasteiger partial charge in [-0.1, -0.05) is 78.3 Å². The summed E-state index contributed by atoms with van der Waals surface area (Å²) in [5.74, 6) is 0.922. The third-order valence-corrected chi connectivity index (χ3v) is 5.26. The van der Waals surface area contributed by atoms with Crippen molar-refractivity contribution in [1.82, 2.24) is 9.97 Å². The number of para-hydroxylation sites is 1. The summed E-state index contributed by atoms with van der Waals surface area (Å²) >= 11 is 6.10. The van der Waals surface area contributed by atoms with E-state index in [0.717, 1.165) is 44.2 Å². The number of halogens is 1. The lowest BCUT2D eigenvalue weighted by Crippen LogP contribution is -1.83. The van der Waals surface area contributed by atoms with Gasteiger partial charge < -0.3 is 10.1 Å². The molecule has 3 nitrogen and oxygen atoms in total. The molecular formula is C25H17ClN2O. The number of rotatable bonds is 3. The standard InChI is InChI=1S/C25H17ClN2O/c26-21-4-1-3-20(15-21)18-9-7-16(8-10-18)17-11-13-19(14-12-17)25-27-22-5-2-6-23(29)24(22)28-25/h1-15,29H,(H,27,28). The Labute approximate surface area is 173 Å². The second-order valence-corrected chi connectivity index (χ2v) is 7.36. The van der Waals surface area contributed by atoms with E-state index in [4.69, 9.17) is 11.6 Å². The van der Waals surface area contributed by atoms with Crippen molar-refractivity contribution in [1.29, 1.82) is 0 Å². The minimum absolute atomic E-state index is 0.182. The zero-order valence-electron chi connectivity index (χ0n) is 15.4. The summed E-state index contributed by atoms with van der Waals surface area (Å²) in [5.41, 5.74) is 6.89. The van der Waals surface area contributed by atoms with E-state index in [9.17, 15) is 5.11 Å². The number of aromatic nitrogens is 2. The van der Waals surface area contributed by atoms with Gasteiger partial charge in [0.15, 0.2) is 0 Å². The monoisotopic (exact) mass is 396 g/mol. The summed E-state index contributed by atoms with van der Waals surface area (Å²) in [6.45, 7) is 0. The number of aromatic hydroxyl groups is 1. The molecule has 0 amide bonds. The van der Waals surface area contributed by atoms with Gasteiger partial charge in [-0.05, 0) is 46.5 Å². The average Bonchev–Trinajstić information content (AvgIpc) is 3.20. The molecule has 0 atom stereocenters. The van der Waals surface area contributed by atoms with Crippen LogP contribution in [0.1, 0.15) is 0 Å². The third kappa shape index (κ3) is 3.37. The first kappa shape index (κ1) is 17.5. The molecule has 0 fully saturated rings. The van der Waals surface area contributed by atoms with Gasteiger partial charge in [-0.25, -0.2) is 4.98 Å². The SMILES string of the molecule is Oc1cccc2[nH]c(-c3ccc(-c4ccc(-c5cccc(Cl)c5)cc4)cc3)nc12. The fraction of sp³-hybridized carbons (Fsp3) is 0. The summed E-state index contributed by atoms with van der Waals surface area (Å²) in [5, 5.41) is 10.7. The van der Waals surface area contributed by atoms with Crippen LogP contribution < -0.4 is 0 Å². The van der Waals surface area contributed by atoms with E-state index in [1.165, 1.54) is 0 Å². The van der Waals surface area contributed by atoms with E-state index in [0.29, 0.717) is 5.52 Å². The third-order valence-electron chi connectivity index (χ3n) is 5.03. The van der Waals surface area contributed by atoms with Gasteiger partial charge in [-0.15, -0.1) is 0 Å². The second-order valence-electron chi connectivity index (χ2n) is 6.92. The van der Waals surface area contributed by atoms with Crippen molar-refractivity contribution in [2.45, 2.75) is 0 Å². The lowest BCUT2D eigenvalue weighted by molar-refractivity contribution is 0.480. The van der Waals surface area contributed by atoms with Crippen LogP contribution in [0.5, 0.6) is 5.75 Å². The molecule has 0 saturated heterocycles. The van der Waals surface area contributed by atoms with Crippen LogP contribution in [0.25, 0.3) is 44.7 Å². The maximum Gasteiger partial charge on any atom is 0.143 e. The quantitative estimate of drug-likeness (QED) is 0.347. The largest absolute Gasteiger partial charge is 0.506 e. The van der Waals surface area contributed by atoms with Gasteiger partial charge in [0.05, 0.1) is 5.52 Å². The molecule has 0 spiro atoms. The normalized spacial score (nSPS) is 11.1. The van der Waals surface area contributed by atoms with Gasteiger partial charge in [-0.2, -0.15) is 0 Å². The molecule has 29 heavy (non-hydrogen) atoms. The molecule has 5 rings (SSSR count). The number of phenolic OH excluding ortho intramolecular Hbond substituents is 1. The summed E-state index contributed by atoms with van der Waals surface area (Å²) in [7, 11) is 0. The van der Waals surface area contributed by atoms with Crippen LogP contribution in [0.15, 0.2) is 91.0 Å². The lowest BCUT2D eigenvalue weighted by atomic mass is 9.99. The number of nitrogens with zero attached hydrogens (tertiary/aromatic N) is 1. The molecule has 0 saturated carbocycles. The first-order valence-electron chi connectivity index (χ1n) is 9.32. The molecular weight excluding hydrogens is 380 g/mol. The minimum Gasteiger partial charge on any atom is -0.506 e. The molecule has 4 heteroatoms. The van der Waals surface area contributed by atoms with Crippen molar-refractivity contribution >= 4 is 22.6 Å². The Hall–Kier alpha value is -3.56. The molecule has 0 aliphatic rings. The first-order valence-corrected chi connectivity index (χ1v) is 9.70. The number of hydrogen-bond donors (Lipinski definition) is 2. The van der Waals surface area contributed by atoms with Crippen molar-refractivity contribution in [3.8, 4) is 39.4 Å². The Morgan fingerprint density at radius 2 is 1.24 bits per heavy atom. The van der Waals surface area contributed by atoms with Gasteiger partial charge in [0, 0.05) is 10.6 Å². The fourth-order valence-corrected chi connectivity index (χ4v) is 3.69. The number of imidazole rings is 1. The topological polar surface area (TPSA) is 48.9 Å². The lowest BCUT2D eigenvalue weighted by Gasteiger charge is -2.06. The highest BCUT2D eigenvalue weighted by Crippen LogP contribution is 2.29. The number of H-pyrrole nitrogens is 1. The second kappa shape index (κ2) is 7.12. The fourth-order valence-electron chi connectivity index (χ4n) is 3.50. The number of nitrogens with one attached hydrogen (secondary N) is 1. The van der Waals surface area contributed by atoms with Crippen molar-refractivity contribution in [3.63, 3.8) is 0 Å². The Bertz CT molecular complexity index is 1310. The molecule has 0 bridgehead atoms. The molecule has 0 radical (unpaired) electrons. The van der Waals surface area contributed by atoms with E-state index in [-0.39, 0.29) is 5.75 Å². The van der Waals surface area contributed by atoms with E-state index >= 15 is 0 Å². The zero-order valence-corrected chi connectivity index (χ0v) is 16.2. The molecule has 2 N–H and O–H groups in total. The molecule has 0 aliphatic heterocycles. The van der Waals surface area contributed by atoms with Crippen LogP contribution in [0.2, 0.25) is 5.02 Å². The maximum absolute atomic E-state index is 9.95. The van der Waals surface area contributed by atoms with Crippen molar-refractivity contribution in [2.24, 2.45) is 0 Å². The van der Waals surface area contributed by atoms with Crippen LogP contribution >= 0.6 is 11.6 Å². The Morgan fingerprint density at radius 1 is 0.655 bits per heavy atom. The van der Waals surface area contributed by atoms with Crippen molar-refractivity contribution in [3.05, 3.63) is 96.0 Å². The number of benzene rings is 4. The van der Waals surface area contributed by atoms with E-state index < -0.39 is 0 Å². The predicted molar refractivity (Wildman–Crippen MR) is 119 cm³/mol. The van der Waals surface area contributed by atoms with Crippen LogP contribution in [0, 0.1) is 0 Å². The van der Waals surface area contributed by atoms with Crippen molar-refractivity contribution < 1.29 is 5.11 Å². The Morgan fingerprint density at radius 3 is 1.86 bits per heavy atom. The minimum atomic E-state index is 0.182. The highest BCUT2D eigenvalue weighted by atomic mass is 35.5. The smallest absolute Gasteiger partial charge is 0.143 e. The highest BCUT2D eigenvalue weighted by molar-refractivity contribution is 6.30. The number of hydrogen-bond acceptors (Lipinski definition) is 2. The summed E-state index contributed by atoms with van der Waals surface area (Å²) in [4.78, 5) is 7.78. The number of phenols is 1. The molecule has 1 heterocycles. The van der Waals surface area contributed by atoms with Gasteiger partial charge >= 0.3 is 0 Å². The maximum atomic E-state index is 9.95. The Balaban J connectivity index is 1.43. The van der Waals surface area contributed by atoms with E-state index in [1.807, 2.05) is 36.4 Å². The molecule has 4 aromatic carbocycles. The highest BCUT2D eigenvalue weighted by Gasteiger charge is 2.09. The van der Waals surface area contributed by atoms with Crippen LogP contribution in [-0.4, -0.2) is 15.1 Å². The molecule has 1 aromatic heterocycles. The van der Waals surface area contributed by atoms with Gasteiger partial charge in [0.2, 0.25) is 0 Å². The molecule has 5 aromatic rings.